The van der Waals surface area contributed by atoms with Crippen molar-refractivity contribution in [2.45, 2.75) is 69.1 Å². The summed E-state index contributed by atoms with van der Waals surface area (Å²) in [5.74, 6) is -2.62. The van der Waals surface area contributed by atoms with Gasteiger partial charge in [-0.1, -0.05) is 42.5 Å². The number of rotatable bonds is 19. The summed E-state index contributed by atoms with van der Waals surface area (Å²) in [5.41, 5.74) is 29.5. The predicted octanol–water partition coefficient (Wildman–Crippen LogP) is -1.37. The molecule has 0 aliphatic rings. The lowest BCUT2D eigenvalue weighted by molar-refractivity contribution is -0.133. The molecular formula is C30H45N9O5. The van der Waals surface area contributed by atoms with E-state index in [2.05, 4.69) is 20.9 Å². The number of nitrogens with two attached hydrogens (primary N) is 5. The average Bonchev–Trinajstić information content (AvgIpc) is 2.99. The van der Waals surface area contributed by atoms with Crippen molar-refractivity contribution in [3.8, 4) is 5.75 Å². The van der Waals surface area contributed by atoms with Crippen molar-refractivity contribution >= 4 is 29.6 Å². The number of amides is 4. The maximum absolute atomic E-state index is 13.6. The zero-order valence-electron chi connectivity index (χ0n) is 24.8. The van der Waals surface area contributed by atoms with Gasteiger partial charge in [-0.25, -0.2) is 0 Å². The molecule has 0 bridgehead atoms. The summed E-state index contributed by atoms with van der Waals surface area (Å²) in [5, 5.41) is 17.7. The number of carbonyl (C=O) groups excluding carboxylic acids is 4. The lowest BCUT2D eigenvalue weighted by Gasteiger charge is -2.25. The number of primary amides is 1. The molecule has 2 rings (SSSR count). The summed E-state index contributed by atoms with van der Waals surface area (Å²) < 4.78 is 0. The molecule has 0 spiro atoms. The lowest BCUT2D eigenvalue weighted by atomic mass is 10.0. The summed E-state index contributed by atoms with van der Waals surface area (Å²) in [6.07, 6.45) is 2.23. The molecule has 4 atom stereocenters. The predicted molar refractivity (Wildman–Crippen MR) is 168 cm³/mol. The molecule has 0 aliphatic heterocycles. The van der Waals surface area contributed by atoms with Crippen LogP contribution in [-0.2, 0) is 32.0 Å². The Morgan fingerprint density at radius 2 is 1.27 bits per heavy atom. The zero-order chi connectivity index (χ0) is 32.5. The van der Waals surface area contributed by atoms with Crippen LogP contribution in [0.4, 0.5) is 0 Å². The van der Waals surface area contributed by atoms with Gasteiger partial charge < -0.3 is 49.7 Å². The Labute approximate surface area is 257 Å². The Kier molecular flexibility index (Phi) is 15.1. The fourth-order valence-corrected chi connectivity index (χ4v) is 4.41. The smallest absolute Gasteiger partial charge is 0.243 e. The van der Waals surface area contributed by atoms with Gasteiger partial charge in [0.1, 0.15) is 23.9 Å². The fourth-order valence-electron chi connectivity index (χ4n) is 4.41. The fraction of sp³-hybridized carbons (Fsp3) is 0.433. The molecule has 240 valence electrons. The van der Waals surface area contributed by atoms with Gasteiger partial charge in [0, 0.05) is 13.0 Å². The minimum absolute atomic E-state index is 0.0221. The van der Waals surface area contributed by atoms with Gasteiger partial charge in [0.25, 0.3) is 0 Å². The summed E-state index contributed by atoms with van der Waals surface area (Å²) in [6.45, 7) is 0.631. The third-order valence-electron chi connectivity index (χ3n) is 6.83. The van der Waals surface area contributed by atoms with Crippen molar-refractivity contribution < 1.29 is 24.3 Å². The van der Waals surface area contributed by atoms with Gasteiger partial charge in [-0.05, 0) is 68.3 Å². The van der Waals surface area contributed by atoms with Gasteiger partial charge in [-0.2, -0.15) is 0 Å². The second-order valence-corrected chi connectivity index (χ2v) is 10.5. The van der Waals surface area contributed by atoms with E-state index in [0.29, 0.717) is 31.4 Å². The molecule has 4 amide bonds. The van der Waals surface area contributed by atoms with Gasteiger partial charge in [0.2, 0.25) is 23.6 Å². The Balaban J connectivity index is 2.21. The van der Waals surface area contributed by atoms with Gasteiger partial charge in [0.15, 0.2) is 5.96 Å². The van der Waals surface area contributed by atoms with Gasteiger partial charge in [-0.3, -0.25) is 24.2 Å². The molecule has 0 fully saturated rings. The van der Waals surface area contributed by atoms with E-state index in [-0.39, 0.29) is 43.9 Å². The first-order valence-electron chi connectivity index (χ1n) is 14.5. The van der Waals surface area contributed by atoms with E-state index in [0.717, 1.165) is 5.56 Å². The number of nitrogens with zero attached hydrogens (tertiary/aromatic N) is 1. The third-order valence-corrected chi connectivity index (χ3v) is 6.83. The number of phenolic OH excluding ortho intramolecular Hbond substituents is 1. The number of phenols is 1. The molecule has 14 nitrogen and oxygen atoms in total. The number of carbonyl (C=O) groups is 4. The van der Waals surface area contributed by atoms with Crippen LogP contribution < -0.4 is 44.6 Å². The van der Waals surface area contributed by atoms with Crippen LogP contribution in [0.5, 0.6) is 5.75 Å². The minimum Gasteiger partial charge on any atom is -0.508 e. The molecule has 0 radical (unpaired) electrons. The molecule has 0 heterocycles. The molecule has 0 unspecified atom stereocenters. The summed E-state index contributed by atoms with van der Waals surface area (Å²) in [7, 11) is 0. The summed E-state index contributed by atoms with van der Waals surface area (Å²) in [6, 6.07) is 11.2. The van der Waals surface area contributed by atoms with E-state index in [1.807, 2.05) is 30.3 Å². The molecule has 2 aromatic carbocycles. The Morgan fingerprint density at radius 3 is 1.89 bits per heavy atom. The summed E-state index contributed by atoms with van der Waals surface area (Å²) >= 11 is 0. The Hall–Kier alpha value is -4.69. The molecule has 0 saturated heterocycles. The number of unbranched alkanes of at least 4 members (excludes halogenated alkanes) is 1. The third kappa shape index (κ3) is 13.1. The number of hydrogen-bond donors (Lipinski definition) is 9. The van der Waals surface area contributed by atoms with Crippen LogP contribution in [0.1, 0.15) is 43.2 Å². The molecule has 0 aliphatic carbocycles. The Bertz CT molecular complexity index is 1240. The first kappa shape index (κ1) is 35.5. The molecule has 2 aromatic rings. The highest BCUT2D eigenvalue weighted by Crippen LogP contribution is 2.13. The summed E-state index contributed by atoms with van der Waals surface area (Å²) in [4.78, 5) is 56.0. The van der Waals surface area contributed by atoms with Crippen LogP contribution >= 0.6 is 0 Å². The van der Waals surface area contributed by atoms with E-state index < -0.39 is 47.8 Å². The van der Waals surface area contributed by atoms with E-state index in [1.54, 1.807) is 12.1 Å². The Morgan fingerprint density at radius 1 is 0.705 bits per heavy atom. The number of aromatic hydroxyl groups is 1. The number of hydrogen-bond acceptors (Lipinski definition) is 8. The number of guanidine groups is 1. The van der Waals surface area contributed by atoms with Crippen molar-refractivity contribution in [3.05, 3.63) is 65.7 Å². The molecule has 14 N–H and O–H groups in total. The molecule has 0 saturated carbocycles. The van der Waals surface area contributed by atoms with Crippen molar-refractivity contribution in [2.24, 2.45) is 33.7 Å². The van der Waals surface area contributed by atoms with Crippen LogP contribution in [0.2, 0.25) is 0 Å². The first-order valence-corrected chi connectivity index (χ1v) is 14.5. The van der Waals surface area contributed by atoms with E-state index >= 15 is 0 Å². The second kappa shape index (κ2) is 18.8. The second-order valence-electron chi connectivity index (χ2n) is 10.5. The number of benzene rings is 2. The highest BCUT2D eigenvalue weighted by atomic mass is 16.3. The highest BCUT2D eigenvalue weighted by Gasteiger charge is 2.30. The number of nitrogens with one attached hydrogen (secondary N) is 3. The quantitative estimate of drug-likeness (QED) is 0.0514. The maximum atomic E-state index is 13.6. The standard InChI is InChI=1S/C30H45N9O5/c31-15-5-4-9-24(38-27(42)22(32)17-19-7-2-1-3-8-19)28(43)39-25(18-20-11-13-21(40)14-12-20)29(44)37-23(26(33)41)10-6-16-36-30(34)35/h1-3,7-8,11-14,22-25,40H,4-6,9-10,15-18,31-32H2,(H2,33,41)(H,37,44)(H,38,42)(H,39,43)(H4,34,35,36)/t22-,23+,24-,25-/m0/s1. The maximum Gasteiger partial charge on any atom is 0.243 e. The van der Waals surface area contributed by atoms with Crippen molar-refractivity contribution in [2.75, 3.05) is 13.1 Å². The highest BCUT2D eigenvalue weighted by molar-refractivity contribution is 5.94. The van der Waals surface area contributed by atoms with Crippen LogP contribution in [0.15, 0.2) is 59.6 Å². The first-order chi connectivity index (χ1) is 21.0. The molecule has 14 heteroatoms. The van der Waals surface area contributed by atoms with Crippen LogP contribution in [-0.4, -0.2) is 72.0 Å². The normalized spacial score (nSPS) is 13.5. The van der Waals surface area contributed by atoms with Crippen molar-refractivity contribution in [1.29, 1.82) is 0 Å². The van der Waals surface area contributed by atoms with Crippen LogP contribution in [0.3, 0.4) is 0 Å². The van der Waals surface area contributed by atoms with Crippen molar-refractivity contribution in [1.82, 2.24) is 16.0 Å². The average molecular weight is 612 g/mol. The molecule has 0 aromatic heterocycles. The number of aliphatic imine (C=N–C) groups is 1. The van der Waals surface area contributed by atoms with Crippen LogP contribution in [0, 0.1) is 0 Å². The SMILES string of the molecule is NCCCC[C@H](NC(=O)[C@@H](N)Cc1ccccc1)C(=O)N[C@@H](Cc1ccc(O)cc1)C(=O)N[C@H](CCCN=C(N)N)C(N)=O. The molecular weight excluding hydrogens is 566 g/mol. The van der Waals surface area contributed by atoms with E-state index in [1.165, 1.54) is 12.1 Å². The van der Waals surface area contributed by atoms with E-state index in [4.69, 9.17) is 28.7 Å². The van der Waals surface area contributed by atoms with Crippen LogP contribution in [0.25, 0.3) is 0 Å². The van der Waals surface area contributed by atoms with Gasteiger partial charge in [-0.15, -0.1) is 0 Å². The van der Waals surface area contributed by atoms with E-state index in [9.17, 15) is 24.3 Å². The zero-order valence-corrected chi connectivity index (χ0v) is 24.8. The largest absolute Gasteiger partial charge is 0.508 e. The topological polar surface area (TPSA) is 267 Å². The van der Waals surface area contributed by atoms with Gasteiger partial charge in [0.05, 0.1) is 6.04 Å². The van der Waals surface area contributed by atoms with Crippen molar-refractivity contribution in [3.63, 3.8) is 0 Å². The monoisotopic (exact) mass is 611 g/mol. The van der Waals surface area contributed by atoms with Gasteiger partial charge >= 0.3 is 0 Å². The molecule has 44 heavy (non-hydrogen) atoms. The minimum atomic E-state index is -1.15. The lowest BCUT2D eigenvalue weighted by Crippen LogP contribution is -2.58.